The van der Waals surface area contributed by atoms with Gasteiger partial charge in [-0.1, -0.05) is 72.6 Å². The summed E-state index contributed by atoms with van der Waals surface area (Å²) in [4.78, 5) is 10.7. The summed E-state index contributed by atoms with van der Waals surface area (Å²) in [6.45, 7) is 8.68. The Balaban J connectivity index is 3.37. The van der Waals surface area contributed by atoms with Crippen LogP contribution in [0.25, 0.3) is 0 Å². The van der Waals surface area contributed by atoms with E-state index in [1.54, 1.807) is 0 Å². The largest absolute Gasteiger partial charge is 0.481 e. The third-order valence-corrected chi connectivity index (χ3v) is 3.51. The summed E-state index contributed by atoms with van der Waals surface area (Å²) in [7, 11) is 0. The Labute approximate surface area is 113 Å². The zero-order valence-corrected chi connectivity index (χ0v) is 12.8. The number of unbranched alkanes of at least 4 members (excludes halogenated alkanes) is 5. The minimum absolute atomic E-state index is 0.0382. The van der Waals surface area contributed by atoms with Gasteiger partial charge in [-0.3, -0.25) is 4.79 Å². The van der Waals surface area contributed by atoms with Gasteiger partial charge in [0.1, 0.15) is 0 Å². The zero-order valence-electron chi connectivity index (χ0n) is 12.8. The van der Waals surface area contributed by atoms with Crippen molar-refractivity contribution >= 4 is 5.97 Å². The van der Waals surface area contributed by atoms with Gasteiger partial charge in [0.25, 0.3) is 0 Å². The van der Waals surface area contributed by atoms with Gasteiger partial charge >= 0.3 is 5.97 Å². The summed E-state index contributed by atoms with van der Waals surface area (Å²) in [5, 5.41) is 8.79. The maximum atomic E-state index is 10.7. The van der Waals surface area contributed by atoms with E-state index in [9.17, 15) is 4.79 Å². The molecule has 108 valence electrons. The predicted molar refractivity (Wildman–Crippen MR) is 77.8 cm³/mol. The van der Waals surface area contributed by atoms with Gasteiger partial charge in [-0.25, -0.2) is 0 Å². The SMILES string of the molecule is CC(C)CCCCCCCCC(C)(C)CC(=O)O. The number of carboxylic acid groups (broad SMARTS) is 1. The smallest absolute Gasteiger partial charge is 0.303 e. The molecule has 0 fully saturated rings. The lowest BCUT2D eigenvalue weighted by Crippen LogP contribution is -2.16. The molecule has 0 spiro atoms. The molecule has 0 rings (SSSR count). The molecule has 0 saturated carbocycles. The summed E-state index contributed by atoms with van der Waals surface area (Å²) >= 11 is 0. The van der Waals surface area contributed by atoms with Crippen molar-refractivity contribution in [3.8, 4) is 0 Å². The Morgan fingerprint density at radius 2 is 1.50 bits per heavy atom. The second-order valence-electron chi connectivity index (χ2n) is 6.79. The number of carboxylic acids is 1. The molecule has 0 aromatic rings. The van der Waals surface area contributed by atoms with Crippen LogP contribution in [0.2, 0.25) is 0 Å². The average Bonchev–Trinajstić information content (AvgIpc) is 2.19. The second-order valence-corrected chi connectivity index (χ2v) is 6.79. The lowest BCUT2D eigenvalue weighted by Gasteiger charge is -2.21. The van der Waals surface area contributed by atoms with Gasteiger partial charge in [-0.15, -0.1) is 0 Å². The minimum atomic E-state index is -0.673. The fraction of sp³-hybridized carbons (Fsp3) is 0.938. The molecule has 1 N–H and O–H groups in total. The van der Waals surface area contributed by atoms with Crippen molar-refractivity contribution < 1.29 is 9.90 Å². The molecule has 0 aliphatic heterocycles. The van der Waals surface area contributed by atoms with E-state index in [1.807, 2.05) is 0 Å². The highest BCUT2D eigenvalue weighted by molar-refractivity contribution is 5.67. The van der Waals surface area contributed by atoms with E-state index in [2.05, 4.69) is 27.7 Å². The molecule has 2 heteroatoms. The molecule has 0 unspecified atom stereocenters. The number of carbonyl (C=O) groups is 1. The molecule has 0 atom stereocenters. The number of hydrogen-bond donors (Lipinski definition) is 1. The Morgan fingerprint density at radius 1 is 1.00 bits per heavy atom. The van der Waals surface area contributed by atoms with Crippen LogP contribution in [0.5, 0.6) is 0 Å². The normalized spacial score (nSPS) is 12.1. The fourth-order valence-electron chi connectivity index (χ4n) is 2.36. The molecule has 2 nitrogen and oxygen atoms in total. The van der Waals surface area contributed by atoms with Crippen molar-refractivity contribution in [1.29, 1.82) is 0 Å². The number of aliphatic carboxylic acids is 1. The Kier molecular flexibility index (Phi) is 9.13. The topological polar surface area (TPSA) is 37.3 Å². The van der Waals surface area contributed by atoms with Gasteiger partial charge < -0.3 is 5.11 Å². The molecule has 0 heterocycles. The Morgan fingerprint density at radius 3 is 2.00 bits per heavy atom. The predicted octanol–water partition coefficient (Wildman–Crippen LogP) is 5.26. The van der Waals surface area contributed by atoms with Crippen LogP contribution in [0.15, 0.2) is 0 Å². The van der Waals surface area contributed by atoms with Crippen LogP contribution in [-0.2, 0) is 4.79 Å². The maximum absolute atomic E-state index is 10.7. The molecule has 0 radical (unpaired) electrons. The molecule has 0 aromatic heterocycles. The number of rotatable bonds is 11. The van der Waals surface area contributed by atoms with Crippen LogP contribution in [0, 0.1) is 11.3 Å². The highest BCUT2D eigenvalue weighted by Gasteiger charge is 2.20. The van der Waals surface area contributed by atoms with Gasteiger partial charge in [0.05, 0.1) is 6.42 Å². The first kappa shape index (κ1) is 17.5. The van der Waals surface area contributed by atoms with E-state index in [1.165, 1.54) is 44.9 Å². The van der Waals surface area contributed by atoms with Gasteiger partial charge in [0, 0.05) is 0 Å². The fourth-order valence-corrected chi connectivity index (χ4v) is 2.36. The Hall–Kier alpha value is -0.530. The van der Waals surface area contributed by atoms with Crippen LogP contribution in [0.4, 0.5) is 0 Å². The van der Waals surface area contributed by atoms with Crippen molar-refractivity contribution in [2.45, 2.75) is 85.5 Å². The summed E-state index contributed by atoms with van der Waals surface area (Å²) in [6, 6.07) is 0. The monoisotopic (exact) mass is 256 g/mol. The van der Waals surface area contributed by atoms with E-state index >= 15 is 0 Å². The van der Waals surface area contributed by atoms with Crippen molar-refractivity contribution in [3.63, 3.8) is 0 Å². The lowest BCUT2D eigenvalue weighted by molar-refractivity contribution is -0.139. The summed E-state index contributed by atoms with van der Waals surface area (Å²) in [5.41, 5.74) is -0.0382. The van der Waals surface area contributed by atoms with Crippen molar-refractivity contribution in [3.05, 3.63) is 0 Å². The van der Waals surface area contributed by atoms with E-state index in [0.29, 0.717) is 6.42 Å². The highest BCUT2D eigenvalue weighted by Crippen LogP contribution is 2.27. The van der Waals surface area contributed by atoms with E-state index < -0.39 is 5.97 Å². The van der Waals surface area contributed by atoms with E-state index in [4.69, 9.17) is 5.11 Å². The van der Waals surface area contributed by atoms with Crippen molar-refractivity contribution in [2.24, 2.45) is 11.3 Å². The molecule has 0 aliphatic carbocycles. The molecule has 18 heavy (non-hydrogen) atoms. The van der Waals surface area contributed by atoms with Crippen LogP contribution in [0.3, 0.4) is 0 Å². The van der Waals surface area contributed by atoms with Crippen LogP contribution >= 0.6 is 0 Å². The molecule has 0 bridgehead atoms. The van der Waals surface area contributed by atoms with Gasteiger partial charge in [-0.2, -0.15) is 0 Å². The molecule has 0 amide bonds. The molecular formula is C16H32O2. The average molecular weight is 256 g/mol. The highest BCUT2D eigenvalue weighted by atomic mass is 16.4. The zero-order chi connectivity index (χ0) is 14.0. The third-order valence-electron chi connectivity index (χ3n) is 3.51. The van der Waals surface area contributed by atoms with Crippen LogP contribution < -0.4 is 0 Å². The van der Waals surface area contributed by atoms with Crippen LogP contribution in [-0.4, -0.2) is 11.1 Å². The van der Waals surface area contributed by atoms with Gasteiger partial charge in [0.2, 0.25) is 0 Å². The molecule has 0 saturated heterocycles. The summed E-state index contributed by atoms with van der Waals surface area (Å²) in [6.07, 6.45) is 10.5. The summed E-state index contributed by atoms with van der Waals surface area (Å²) < 4.78 is 0. The Bertz CT molecular complexity index is 219. The molecule has 0 aliphatic rings. The first-order valence-electron chi connectivity index (χ1n) is 7.55. The molecular weight excluding hydrogens is 224 g/mol. The van der Waals surface area contributed by atoms with Crippen molar-refractivity contribution in [1.82, 2.24) is 0 Å². The van der Waals surface area contributed by atoms with Gasteiger partial charge in [0.15, 0.2) is 0 Å². The van der Waals surface area contributed by atoms with Gasteiger partial charge in [-0.05, 0) is 17.8 Å². The second kappa shape index (κ2) is 9.41. The third kappa shape index (κ3) is 11.9. The quantitative estimate of drug-likeness (QED) is 0.512. The van der Waals surface area contributed by atoms with E-state index in [0.717, 1.165) is 12.3 Å². The lowest BCUT2D eigenvalue weighted by atomic mass is 9.83. The minimum Gasteiger partial charge on any atom is -0.481 e. The standard InChI is InChI=1S/C16H32O2/c1-14(2)11-9-7-5-6-8-10-12-16(3,4)13-15(17)18/h14H,5-13H2,1-4H3,(H,17,18). The van der Waals surface area contributed by atoms with E-state index in [-0.39, 0.29) is 5.41 Å². The molecule has 0 aromatic carbocycles. The van der Waals surface area contributed by atoms with Crippen molar-refractivity contribution in [2.75, 3.05) is 0 Å². The first-order valence-corrected chi connectivity index (χ1v) is 7.55. The number of hydrogen-bond acceptors (Lipinski definition) is 1. The first-order chi connectivity index (χ1) is 8.33. The summed E-state index contributed by atoms with van der Waals surface area (Å²) in [5.74, 6) is 0.163. The van der Waals surface area contributed by atoms with Crippen LogP contribution in [0.1, 0.15) is 85.5 Å². The maximum Gasteiger partial charge on any atom is 0.303 e.